The minimum atomic E-state index is -1.85. The van der Waals surface area contributed by atoms with Crippen LogP contribution in [0.4, 0.5) is 0 Å². The topological polar surface area (TPSA) is 232 Å². The molecule has 1 aliphatic rings. The summed E-state index contributed by atoms with van der Waals surface area (Å²) in [5.74, 6) is 0. The molecular weight excluding hydrogens is 336 g/mol. The summed E-state index contributed by atoms with van der Waals surface area (Å²) < 4.78 is 10.1. The Morgan fingerprint density at radius 2 is 1.38 bits per heavy atom. The van der Waals surface area contributed by atoms with Gasteiger partial charge in [-0.1, -0.05) is 0 Å². The quantitative estimate of drug-likeness (QED) is 0.197. The fraction of sp³-hybridized carbons (Fsp3) is 1.00. The van der Waals surface area contributed by atoms with Gasteiger partial charge in [-0.2, -0.15) is 0 Å². The third-order valence-electron chi connectivity index (χ3n) is 3.62. The summed E-state index contributed by atoms with van der Waals surface area (Å²) in [5.41, 5.74) is 0. The molecule has 4 unspecified atom stereocenters. The smallest absolute Gasteiger partial charge is 0.187 e. The van der Waals surface area contributed by atoms with E-state index in [1.165, 1.54) is 0 Å². The van der Waals surface area contributed by atoms with E-state index in [9.17, 15) is 30.6 Å². The van der Waals surface area contributed by atoms with Crippen LogP contribution in [0.5, 0.6) is 0 Å². The molecule has 0 aliphatic carbocycles. The molecule has 1 saturated heterocycles. The minimum absolute atomic E-state index is 0. The molecule has 24 heavy (non-hydrogen) atoms. The van der Waals surface area contributed by atoms with Gasteiger partial charge in [-0.05, 0) is 0 Å². The summed E-state index contributed by atoms with van der Waals surface area (Å²) in [7, 11) is 0. The van der Waals surface area contributed by atoms with Crippen LogP contribution in [0.2, 0.25) is 0 Å². The normalized spacial score (nSPS) is 35.6. The Morgan fingerprint density at radius 3 is 1.83 bits per heavy atom. The number of aliphatic hydroxyl groups is 9. The average molecular weight is 362 g/mol. The van der Waals surface area contributed by atoms with E-state index in [1.807, 2.05) is 0 Å². The second-order valence-corrected chi connectivity index (χ2v) is 5.29. The van der Waals surface area contributed by atoms with Crippen molar-refractivity contribution in [3.8, 4) is 0 Å². The Kier molecular flexibility index (Phi) is 10.3. The van der Waals surface area contributed by atoms with Crippen molar-refractivity contribution in [1.29, 1.82) is 0 Å². The monoisotopic (exact) mass is 362 g/mol. The lowest BCUT2D eigenvalue weighted by atomic mass is 9.98. The van der Waals surface area contributed by atoms with Gasteiger partial charge in [-0.15, -0.1) is 0 Å². The molecule has 9 atom stereocenters. The first-order valence-electron chi connectivity index (χ1n) is 7.00. The van der Waals surface area contributed by atoms with Crippen LogP contribution in [0.1, 0.15) is 0 Å². The van der Waals surface area contributed by atoms with Crippen molar-refractivity contribution in [2.24, 2.45) is 0 Å². The molecule has 146 valence electrons. The molecule has 0 aromatic rings. The van der Waals surface area contributed by atoms with E-state index in [0.717, 1.165) is 0 Å². The van der Waals surface area contributed by atoms with E-state index in [-0.39, 0.29) is 5.48 Å². The van der Waals surface area contributed by atoms with Crippen LogP contribution in [0.3, 0.4) is 0 Å². The first-order chi connectivity index (χ1) is 10.8. The van der Waals surface area contributed by atoms with Crippen molar-refractivity contribution in [3.05, 3.63) is 0 Å². The number of rotatable bonds is 8. The van der Waals surface area contributed by atoms with Crippen LogP contribution in [-0.4, -0.2) is 126 Å². The highest BCUT2D eigenvalue weighted by molar-refractivity contribution is 4.91. The van der Waals surface area contributed by atoms with Gasteiger partial charge in [0.15, 0.2) is 6.29 Å². The van der Waals surface area contributed by atoms with Gasteiger partial charge in [-0.3, -0.25) is 0 Å². The van der Waals surface area contributed by atoms with Gasteiger partial charge < -0.3 is 60.9 Å². The van der Waals surface area contributed by atoms with E-state index in [0.29, 0.717) is 0 Å². The second-order valence-electron chi connectivity index (χ2n) is 5.29. The molecule has 1 heterocycles. The zero-order chi connectivity index (χ0) is 17.7. The van der Waals surface area contributed by atoms with Gasteiger partial charge >= 0.3 is 0 Å². The summed E-state index contributed by atoms with van der Waals surface area (Å²) in [5, 5.41) is 84.9. The van der Waals surface area contributed by atoms with Crippen LogP contribution in [0.25, 0.3) is 0 Å². The molecule has 0 aromatic carbocycles. The van der Waals surface area contributed by atoms with Gasteiger partial charge in [0.25, 0.3) is 0 Å². The first kappa shape index (κ1) is 23.5. The Balaban J connectivity index is 0.00000529. The number of hydrogen-bond acceptors (Lipinski definition) is 11. The molecule has 12 heteroatoms. The lowest BCUT2D eigenvalue weighted by Crippen LogP contribution is -2.61. The van der Waals surface area contributed by atoms with Gasteiger partial charge in [-0.25, -0.2) is 0 Å². The molecule has 0 bridgehead atoms. The SMILES string of the molecule is O.OCC(O)C(O)C(O[C@@H]1O[C@H](CO)[C@H](O)[C@H](O)[C@@H]1O)C(O)CO. The third kappa shape index (κ3) is 5.26. The zero-order valence-corrected chi connectivity index (χ0v) is 12.7. The Bertz CT molecular complexity index is 342. The molecule has 0 aromatic heterocycles. The van der Waals surface area contributed by atoms with E-state index in [2.05, 4.69) is 0 Å². The van der Waals surface area contributed by atoms with E-state index < -0.39 is 74.9 Å². The highest BCUT2D eigenvalue weighted by Gasteiger charge is 2.46. The predicted octanol–water partition coefficient (Wildman–Crippen LogP) is -6.59. The van der Waals surface area contributed by atoms with Crippen LogP contribution < -0.4 is 0 Å². The predicted molar refractivity (Wildman–Crippen MR) is 74.4 cm³/mol. The molecule has 1 rings (SSSR count). The summed E-state index contributed by atoms with van der Waals surface area (Å²) in [6.07, 6.45) is -15.1. The first-order valence-corrected chi connectivity index (χ1v) is 7.00. The van der Waals surface area contributed by atoms with Gasteiger partial charge in [0.1, 0.15) is 48.8 Å². The number of aliphatic hydroxyl groups excluding tert-OH is 9. The van der Waals surface area contributed by atoms with Crippen LogP contribution in [-0.2, 0) is 9.47 Å². The molecular formula is C12H26O12. The summed E-state index contributed by atoms with van der Waals surface area (Å²) >= 11 is 0. The molecule has 11 N–H and O–H groups in total. The van der Waals surface area contributed by atoms with E-state index in [4.69, 9.17) is 24.8 Å². The fourth-order valence-corrected chi connectivity index (χ4v) is 2.16. The minimum Gasteiger partial charge on any atom is -0.412 e. The Morgan fingerprint density at radius 1 is 0.833 bits per heavy atom. The Labute approximate surface area is 137 Å². The van der Waals surface area contributed by atoms with E-state index >= 15 is 0 Å². The lowest BCUT2D eigenvalue weighted by Gasteiger charge is -2.42. The van der Waals surface area contributed by atoms with Crippen molar-refractivity contribution in [2.75, 3.05) is 19.8 Å². The molecule has 1 aliphatic heterocycles. The molecule has 0 spiro atoms. The fourth-order valence-electron chi connectivity index (χ4n) is 2.16. The van der Waals surface area contributed by atoms with Crippen LogP contribution in [0, 0.1) is 0 Å². The summed E-state index contributed by atoms with van der Waals surface area (Å²) in [6.45, 7) is -2.45. The zero-order valence-electron chi connectivity index (χ0n) is 12.7. The summed E-state index contributed by atoms with van der Waals surface area (Å²) in [4.78, 5) is 0. The Hall–Kier alpha value is -0.480. The van der Waals surface area contributed by atoms with Crippen molar-refractivity contribution < 1.29 is 60.9 Å². The van der Waals surface area contributed by atoms with Crippen molar-refractivity contribution in [2.45, 2.75) is 55.1 Å². The molecule has 0 radical (unpaired) electrons. The van der Waals surface area contributed by atoms with Crippen molar-refractivity contribution in [3.63, 3.8) is 0 Å². The lowest BCUT2D eigenvalue weighted by molar-refractivity contribution is -0.327. The van der Waals surface area contributed by atoms with Gasteiger partial charge in [0.05, 0.1) is 19.8 Å². The van der Waals surface area contributed by atoms with Crippen molar-refractivity contribution in [1.82, 2.24) is 0 Å². The molecule has 0 saturated carbocycles. The van der Waals surface area contributed by atoms with Crippen molar-refractivity contribution >= 4 is 0 Å². The number of hydrogen-bond donors (Lipinski definition) is 9. The largest absolute Gasteiger partial charge is 0.412 e. The van der Waals surface area contributed by atoms with Gasteiger partial charge in [0, 0.05) is 0 Å². The van der Waals surface area contributed by atoms with Crippen LogP contribution in [0.15, 0.2) is 0 Å². The molecule has 12 nitrogen and oxygen atoms in total. The average Bonchev–Trinajstić information content (AvgIpc) is 2.57. The highest BCUT2D eigenvalue weighted by Crippen LogP contribution is 2.24. The maximum Gasteiger partial charge on any atom is 0.187 e. The molecule has 0 amide bonds. The summed E-state index contributed by atoms with van der Waals surface area (Å²) in [6, 6.07) is 0. The maximum atomic E-state index is 9.83. The van der Waals surface area contributed by atoms with Crippen LogP contribution >= 0.6 is 0 Å². The highest BCUT2D eigenvalue weighted by atomic mass is 16.7. The standard InChI is InChI=1S/C12H24O11.H2O/c13-1-4(16)7(18)11(5(17)2-14)23-12-10(21)9(20)8(19)6(3-15)22-12;/h4-21H,1-3H2;1H2/t4?,5?,6-,7?,8+,9+,10+,11?,12+;/m1./s1. The van der Waals surface area contributed by atoms with Gasteiger partial charge in [0.2, 0.25) is 0 Å². The van der Waals surface area contributed by atoms with E-state index in [1.54, 1.807) is 0 Å². The third-order valence-corrected chi connectivity index (χ3v) is 3.62. The molecule has 1 fully saturated rings. The maximum absolute atomic E-state index is 9.83. The number of ether oxygens (including phenoxy) is 2. The second kappa shape index (κ2) is 10.5.